The molecule has 0 aromatic heterocycles. The lowest BCUT2D eigenvalue weighted by Gasteiger charge is -2.14. The van der Waals surface area contributed by atoms with Crippen LogP contribution in [-0.2, 0) is 0 Å². The fraction of sp³-hybridized carbons (Fsp3) is 1.00. The van der Waals surface area contributed by atoms with Crippen molar-refractivity contribution in [3.63, 3.8) is 0 Å². The summed E-state index contributed by atoms with van der Waals surface area (Å²) in [6.07, 6.45) is 3.53. The molecule has 0 radical (unpaired) electrons. The zero-order valence-electron chi connectivity index (χ0n) is 8.17. The second-order valence-corrected chi connectivity index (χ2v) is 6.28. The lowest BCUT2D eigenvalue weighted by atomic mass is 10.2. The summed E-state index contributed by atoms with van der Waals surface area (Å²) in [5.41, 5.74) is 0. The van der Waals surface area contributed by atoms with E-state index < -0.39 is 0 Å². The summed E-state index contributed by atoms with van der Waals surface area (Å²) < 4.78 is 0. The first kappa shape index (κ1) is 10.7. The van der Waals surface area contributed by atoms with Gasteiger partial charge in [0.2, 0.25) is 0 Å². The van der Waals surface area contributed by atoms with Gasteiger partial charge < -0.3 is 5.32 Å². The van der Waals surface area contributed by atoms with Gasteiger partial charge in [0.05, 0.1) is 0 Å². The smallest absolute Gasteiger partial charge is 0.0169 e. The van der Waals surface area contributed by atoms with E-state index >= 15 is 0 Å². The molecule has 1 aliphatic rings. The standard InChI is InChI=1S/C9H19NS2/c1-7-4-9(6-12-7)10-5-8(2)11-3/h7-10H,4-6H2,1-3H3. The molecule has 1 fully saturated rings. The highest BCUT2D eigenvalue weighted by Gasteiger charge is 2.21. The monoisotopic (exact) mass is 205 g/mol. The van der Waals surface area contributed by atoms with Crippen molar-refractivity contribution in [2.75, 3.05) is 18.6 Å². The van der Waals surface area contributed by atoms with Gasteiger partial charge in [0, 0.05) is 28.8 Å². The summed E-state index contributed by atoms with van der Waals surface area (Å²) in [7, 11) is 0. The van der Waals surface area contributed by atoms with E-state index in [1.54, 1.807) is 0 Å². The van der Waals surface area contributed by atoms with E-state index in [-0.39, 0.29) is 0 Å². The van der Waals surface area contributed by atoms with Gasteiger partial charge in [0.15, 0.2) is 0 Å². The van der Waals surface area contributed by atoms with Crippen molar-refractivity contribution >= 4 is 23.5 Å². The average Bonchev–Trinajstić information content (AvgIpc) is 2.47. The topological polar surface area (TPSA) is 12.0 Å². The molecule has 1 rings (SSSR count). The molecular formula is C9H19NS2. The molecule has 0 aromatic carbocycles. The van der Waals surface area contributed by atoms with Crippen LogP contribution < -0.4 is 5.32 Å². The normalized spacial score (nSPS) is 32.2. The first-order valence-electron chi connectivity index (χ1n) is 4.60. The van der Waals surface area contributed by atoms with Crippen LogP contribution in [0, 0.1) is 0 Å². The molecule has 0 amide bonds. The number of hydrogen-bond donors (Lipinski definition) is 1. The summed E-state index contributed by atoms with van der Waals surface area (Å²) in [4.78, 5) is 0. The summed E-state index contributed by atoms with van der Waals surface area (Å²) >= 11 is 4.03. The highest BCUT2D eigenvalue weighted by molar-refractivity contribution is 8.00. The van der Waals surface area contributed by atoms with Gasteiger partial charge in [-0.3, -0.25) is 0 Å². The molecule has 0 spiro atoms. The Kier molecular flexibility index (Phi) is 4.84. The Hall–Kier alpha value is 0.660. The third-order valence-electron chi connectivity index (χ3n) is 2.29. The molecule has 3 heteroatoms. The van der Waals surface area contributed by atoms with Crippen LogP contribution in [0.1, 0.15) is 20.3 Å². The Morgan fingerprint density at radius 1 is 1.67 bits per heavy atom. The van der Waals surface area contributed by atoms with Crippen molar-refractivity contribution < 1.29 is 0 Å². The Morgan fingerprint density at radius 3 is 2.92 bits per heavy atom. The summed E-state index contributed by atoms with van der Waals surface area (Å²) in [5, 5.41) is 5.24. The molecule has 12 heavy (non-hydrogen) atoms. The van der Waals surface area contributed by atoms with Crippen LogP contribution in [0.15, 0.2) is 0 Å². The van der Waals surface area contributed by atoms with E-state index in [1.807, 2.05) is 11.8 Å². The molecule has 72 valence electrons. The van der Waals surface area contributed by atoms with Crippen LogP contribution in [0.4, 0.5) is 0 Å². The second-order valence-electron chi connectivity index (χ2n) is 3.53. The van der Waals surface area contributed by atoms with Crippen molar-refractivity contribution in [2.24, 2.45) is 0 Å². The van der Waals surface area contributed by atoms with Crippen molar-refractivity contribution in [3.8, 4) is 0 Å². The van der Waals surface area contributed by atoms with Gasteiger partial charge in [0.25, 0.3) is 0 Å². The van der Waals surface area contributed by atoms with E-state index in [0.29, 0.717) is 0 Å². The van der Waals surface area contributed by atoms with Crippen molar-refractivity contribution in [2.45, 2.75) is 36.8 Å². The molecule has 0 aromatic rings. The summed E-state index contributed by atoms with van der Waals surface area (Å²) in [6.45, 7) is 5.77. The first-order chi connectivity index (χ1) is 5.72. The molecular weight excluding hydrogens is 186 g/mol. The molecule has 1 N–H and O–H groups in total. The van der Waals surface area contributed by atoms with E-state index in [1.165, 1.54) is 18.7 Å². The third-order valence-corrected chi connectivity index (χ3v) is 4.62. The van der Waals surface area contributed by atoms with Crippen molar-refractivity contribution in [1.29, 1.82) is 0 Å². The van der Waals surface area contributed by atoms with Gasteiger partial charge in [-0.05, 0) is 12.7 Å². The molecule has 1 aliphatic heterocycles. The molecule has 0 saturated carbocycles. The molecule has 0 aliphatic carbocycles. The van der Waals surface area contributed by atoms with E-state index in [2.05, 4.69) is 37.2 Å². The Balaban J connectivity index is 2.07. The number of rotatable bonds is 4. The lowest BCUT2D eigenvalue weighted by Crippen LogP contribution is -2.33. The molecule has 1 saturated heterocycles. The zero-order chi connectivity index (χ0) is 8.97. The van der Waals surface area contributed by atoms with Gasteiger partial charge in [-0.1, -0.05) is 13.8 Å². The summed E-state index contributed by atoms with van der Waals surface area (Å²) in [6, 6.07) is 0.777. The fourth-order valence-corrected chi connectivity index (χ4v) is 2.82. The van der Waals surface area contributed by atoms with Gasteiger partial charge in [-0.25, -0.2) is 0 Å². The molecule has 3 unspecified atom stereocenters. The zero-order valence-corrected chi connectivity index (χ0v) is 9.80. The van der Waals surface area contributed by atoms with Crippen LogP contribution >= 0.6 is 23.5 Å². The molecule has 1 heterocycles. The van der Waals surface area contributed by atoms with Crippen molar-refractivity contribution in [1.82, 2.24) is 5.32 Å². The first-order valence-corrected chi connectivity index (χ1v) is 6.93. The highest BCUT2D eigenvalue weighted by Crippen LogP contribution is 2.25. The maximum Gasteiger partial charge on any atom is 0.0169 e. The van der Waals surface area contributed by atoms with Gasteiger partial charge in [-0.2, -0.15) is 23.5 Å². The summed E-state index contributed by atoms with van der Waals surface area (Å²) in [5.74, 6) is 1.31. The SMILES string of the molecule is CSC(C)CNC1CSC(C)C1. The molecule has 1 nitrogen and oxygen atoms in total. The quantitative estimate of drug-likeness (QED) is 0.756. The minimum atomic E-state index is 0.755. The van der Waals surface area contributed by atoms with Crippen LogP contribution in [0.25, 0.3) is 0 Å². The third kappa shape index (κ3) is 3.58. The molecule has 0 bridgehead atoms. The van der Waals surface area contributed by atoms with Gasteiger partial charge in [0.1, 0.15) is 0 Å². The predicted octanol–water partition coefficient (Wildman–Crippen LogP) is 2.22. The molecule has 3 atom stereocenters. The van der Waals surface area contributed by atoms with Crippen LogP contribution in [-0.4, -0.2) is 35.1 Å². The van der Waals surface area contributed by atoms with E-state index in [0.717, 1.165) is 16.5 Å². The number of thioether (sulfide) groups is 2. The average molecular weight is 205 g/mol. The largest absolute Gasteiger partial charge is 0.312 e. The van der Waals surface area contributed by atoms with Crippen LogP contribution in [0.2, 0.25) is 0 Å². The van der Waals surface area contributed by atoms with Gasteiger partial charge in [-0.15, -0.1) is 0 Å². The van der Waals surface area contributed by atoms with Crippen LogP contribution in [0.5, 0.6) is 0 Å². The highest BCUT2D eigenvalue weighted by atomic mass is 32.2. The number of nitrogens with one attached hydrogen (secondary N) is 1. The fourth-order valence-electron chi connectivity index (χ4n) is 1.38. The lowest BCUT2D eigenvalue weighted by molar-refractivity contribution is 0.541. The van der Waals surface area contributed by atoms with E-state index in [9.17, 15) is 0 Å². The van der Waals surface area contributed by atoms with Crippen LogP contribution in [0.3, 0.4) is 0 Å². The van der Waals surface area contributed by atoms with Gasteiger partial charge >= 0.3 is 0 Å². The maximum absolute atomic E-state index is 3.62. The Bertz CT molecular complexity index is 130. The number of hydrogen-bond acceptors (Lipinski definition) is 3. The van der Waals surface area contributed by atoms with E-state index in [4.69, 9.17) is 0 Å². The maximum atomic E-state index is 3.62. The Morgan fingerprint density at radius 2 is 2.42 bits per heavy atom. The predicted molar refractivity (Wildman–Crippen MR) is 61.3 cm³/mol. The second kappa shape index (κ2) is 5.40. The minimum Gasteiger partial charge on any atom is -0.312 e. The Labute approximate surface area is 84.4 Å². The van der Waals surface area contributed by atoms with Crippen molar-refractivity contribution in [3.05, 3.63) is 0 Å². The minimum absolute atomic E-state index is 0.755.